The van der Waals surface area contributed by atoms with Crippen molar-refractivity contribution in [3.05, 3.63) is 58.1 Å². The van der Waals surface area contributed by atoms with Gasteiger partial charge in [-0.3, -0.25) is 9.69 Å². The molecule has 1 atom stereocenters. The lowest BCUT2D eigenvalue weighted by atomic mass is 9.85. The molecule has 3 rings (SSSR count). The number of rotatable bonds is 3. The molecule has 1 heterocycles. The van der Waals surface area contributed by atoms with Crippen molar-refractivity contribution in [2.24, 2.45) is 0 Å². The summed E-state index contributed by atoms with van der Waals surface area (Å²) >= 11 is 0. The van der Waals surface area contributed by atoms with Crippen LogP contribution >= 0.6 is 0 Å². The smallest absolute Gasteiger partial charge is 0.416 e. The summed E-state index contributed by atoms with van der Waals surface area (Å²) in [5.74, 6) is -0.750. The second-order valence-electron chi connectivity index (χ2n) is 11.1. The van der Waals surface area contributed by atoms with Crippen molar-refractivity contribution >= 4 is 31.0 Å². The summed E-state index contributed by atoms with van der Waals surface area (Å²) < 4.78 is 128. The Balaban J connectivity index is 2.20. The first kappa shape index (κ1) is 33.1. The zero-order valence-electron chi connectivity index (χ0n) is 23.3. The van der Waals surface area contributed by atoms with Gasteiger partial charge in [-0.15, -0.1) is 0 Å². The molecule has 0 saturated carbocycles. The van der Waals surface area contributed by atoms with Crippen LogP contribution in [0, 0.1) is 0 Å². The Labute approximate surface area is 237 Å². The molecule has 42 heavy (non-hydrogen) atoms. The zero-order chi connectivity index (χ0) is 32.0. The van der Waals surface area contributed by atoms with E-state index in [1.165, 1.54) is 7.85 Å². The second-order valence-corrected chi connectivity index (χ2v) is 11.1. The summed E-state index contributed by atoms with van der Waals surface area (Å²) in [7, 11) is 1.17. The Morgan fingerprint density at radius 3 is 1.90 bits per heavy atom. The van der Waals surface area contributed by atoms with E-state index in [0.29, 0.717) is 12.1 Å². The maximum absolute atomic E-state index is 13.9. The summed E-state index contributed by atoms with van der Waals surface area (Å²) in [5.41, 5.74) is -6.09. The highest BCUT2D eigenvalue weighted by Gasteiger charge is 2.40. The number of benzene rings is 2. The molecule has 1 aliphatic heterocycles. The van der Waals surface area contributed by atoms with Crippen molar-refractivity contribution in [1.29, 1.82) is 0 Å². The van der Waals surface area contributed by atoms with E-state index in [0.717, 1.165) is 28.9 Å². The quantitative estimate of drug-likeness (QED) is 0.290. The van der Waals surface area contributed by atoms with Crippen molar-refractivity contribution in [3.63, 3.8) is 0 Å². The molecule has 230 valence electrons. The van der Waals surface area contributed by atoms with Crippen molar-refractivity contribution in [3.8, 4) is 0 Å². The molecule has 2 aromatic carbocycles. The fraction of sp³-hybridized carbons (Fsp3) is 0.481. The van der Waals surface area contributed by atoms with Crippen LogP contribution in [0.4, 0.5) is 50.0 Å². The molecule has 1 aliphatic rings. The van der Waals surface area contributed by atoms with E-state index >= 15 is 0 Å². The number of hydrogen-bond donors (Lipinski definition) is 0. The Morgan fingerprint density at radius 1 is 0.905 bits per heavy atom. The number of alkyl halides is 9. The molecule has 1 unspecified atom stereocenters. The van der Waals surface area contributed by atoms with Gasteiger partial charge in [0.15, 0.2) is 0 Å². The average molecular weight is 610 g/mol. The van der Waals surface area contributed by atoms with Gasteiger partial charge in [0.05, 0.1) is 28.4 Å². The van der Waals surface area contributed by atoms with E-state index in [4.69, 9.17) is 4.74 Å². The van der Waals surface area contributed by atoms with E-state index in [9.17, 15) is 49.1 Å². The first-order valence-electron chi connectivity index (χ1n) is 12.8. The van der Waals surface area contributed by atoms with Gasteiger partial charge in [-0.05, 0) is 69.0 Å². The van der Waals surface area contributed by atoms with E-state index < -0.39 is 71.0 Å². The first-order chi connectivity index (χ1) is 19.0. The number of halogens is 9. The maximum Gasteiger partial charge on any atom is 0.416 e. The summed E-state index contributed by atoms with van der Waals surface area (Å²) in [5, 5.41) is 0. The van der Waals surface area contributed by atoms with Gasteiger partial charge in [-0.25, -0.2) is 4.79 Å². The largest absolute Gasteiger partial charge is 0.443 e. The molecule has 2 aromatic rings. The highest BCUT2D eigenvalue weighted by atomic mass is 19.4. The van der Waals surface area contributed by atoms with Crippen molar-refractivity contribution in [2.45, 2.75) is 77.3 Å². The molecule has 0 fully saturated rings. The van der Waals surface area contributed by atoms with Crippen LogP contribution in [0.15, 0.2) is 30.3 Å². The van der Waals surface area contributed by atoms with Crippen molar-refractivity contribution in [1.82, 2.24) is 4.90 Å². The molecule has 0 bridgehead atoms. The van der Waals surface area contributed by atoms with Gasteiger partial charge in [0.25, 0.3) is 0 Å². The monoisotopic (exact) mass is 610 g/mol. The third-order valence-electron chi connectivity index (χ3n) is 6.58. The average Bonchev–Trinajstić information content (AvgIpc) is 2.98. The van der Waals surface area contributed by atoms with E-state index in [1.54, 1.807) is 20.8 Å². The highest BCUT2D eigenvalue weighted by molar-refractivity contribution is 6.33. The Kier molecular flexibility index (Phi) is 8.96. The number of hydrogen-bond acceptors (Lipinski definition) is 3. The van der Waals surface area contributed by atoms with Crippen LogP contribution in [-0.2, 0) is 34.6 Å². The second kappa shape index (κ2) is 11.4. The molecule has 0 saturated heterocycles. The molecule has 0 aliphatic carbocycles. The maximum atomic E-state index is 13.9. The van der Waals surface area contributed by atoms with Crippen LogP contribution in [0.3, 0.4) is 0 Å². The normalized spacial score (nSPS) is 16.5. The number of amides is 2. The third-order valence-corrected chi connectivity index (χ3v) is 6.58. The van der Waals surface area contributed by atoms with Crippen LogP contribution in [0.25, 0.3) is 0 Å². The summed E-state index contributed by atoms with van der Waals surface area (Å²) in [6.07, 6.45) is -15.8. The summed E-state index contributed by atoms with van der Waals surface area (Å²) in [6, 6.07) is 1.74. The standard InChI is InChI=1S/C27H28BF9N2O3/c1-14(40)39(13-15-8-16(25(29,30)31)10-17(9-15)26(32,33)34)21-6-5-7-38(23(41)42-24(2,3)4)22-12-19(27(35,36)37)20(28)11-18(21)22/h8-12,21H,5-7,13,28H2,1-4H3. The van der Waals surface area contributed by atoms with Crippen molar-refractivity contribution < 1.29 is 53.8 Å². The number of anilines is 1. The van der Waals surface area contributed by atoms with Gasteiger partial charge >= 0.3 is 24.6 Å². The molecule has 2 amide bonds. The topological polar surface area (TPSA) is 49.9 Å². The Bertz CT molecular complexity index is 1320. The predicted molar refractivity (Wildman–Crippen MR) is 138 cm³/mol. The van der Waals surface area contributed by atoms with Gasteiger partial charge in [0.2, 0.25) is 5.91 Å². The van der Waals surface area contributed by atoms with Gasteiger partial charge in [0.1, 0.15) is 13.4 Å². The molecular weight excluding hydrogens is 582 g/mol. The molecule has 5 nitrogen and oxygen atoms in total. The number of ether oxygens (including phenoxy) is 1. The van der Waals surface area contributed by atoms with Crippen LogP contribution in [0.2, 0.25) is 0 Å². The first-order valence-corrected chi connectivity index (χ1v) is 12.8. The number of fused-ring (bicyclic) bond motifs is 1. The molecule has 15 heteroatoms. The SMILES string of the molecule is Bc1cc2c(cc1C(F)(F)F)N(C(=O)OC(C)(C)C)CCCC2N(Cc1cc(C(F)(F)F)cc(C(F)(F)F)c1)C(C)=O. The van der Waals surface area contributed by atoms with Gasteiger partial charge in [-0.2, -0.15) is 39.5 Å². The molecule has 0 N–H and O–H groups in total. The lowest BCUT2D eigenvalue weighted by Crippen LogP contribution is -2.38. The Hall–Kier alpha value is -3.39. The molecule has 0 spiro atoms. The van der Waals surface area contributed by atoms with E-state index in [1.807, 2.05) is 0 Å². The lowest BCUT2D eigenvalue weighted by molar-refractivity contribution is -0.143. The zero-order valence-corrected chi connectivity index (χ0v) is 23.3. The fourth-order valence-electron chi connectivity index (χ4n) is 4.82. The predicted octanol–water partition coefficient (Wildman–Crippen LogP) is 6.63. The number of carbonyl (C=O) groups is 2. The lowest BCUT2D eigenvalue weighted by Gasteiger charge is -2.33. The minimum absolute atomic E-state index is 0.0384. The number of nitrogens with zero attached hydrogens (tertiary/aromatic N) is 2. The van der Waals surface area contributed by atoms with Gasteiger partial charge < -0.3 is 9.64 Å². The van der Waals surface area contributed by atoms with Gasteiger partial charge in [0, 0.05) is 20.0 Å². The third kappa shape index (κ3) is 7.71. The van der Waals surface area contributed by atoms with Crippen LogP contribution in [0.5, 0.6) is 0 Å². The van der Waals surface area contributed by atoms with Crippen LogP contribution in [0.1, 0.15) is 74.4 Å². The summed E-state index contributed by atoms with van der Waals surface area (Å²) in [4.78, 5) is 27.9. The van der Waals surface area contributed by atoms with E-state index in [-0.39, 0.29) is 42.2 Å². The molecule has 0 radical (unpaired) electrons. The minimum Gasteiger partial charge on any atom is -0.443 e. The van der Waals surface area contributed by atoms with Crippen LogP contribution in [-0.4, -0.2) is 36.9 Å². The number of carbonyl (C=O) groups excluding carboxylic acids is 2. The minimum atomic E-state index is -5.12. The van der Waals surface area contributed by atoms with E-state index in [2.05, 4.69) is 0 Å². The molecule has 0 aromatic heterocycles. The van der Waals surface area contributed by atoms with Gasteiger partial charge in [-0.1, -0.05) is 11.5 Å². The van der Waals surface area contributed by atoms with Crippen LogP contribution < -0.4 is 10.4 Å². The fourth-order valence-corrected chi connectivity index (χ4v) is 4.82. The summed E-state index contributed by atoms with van der Waals surface area (Å²) in [6.45, 7) is 4.90. The highest BCUT2D eigenvalue weighted by Crippen LogP contribution is 2.42. The molecular formula is C27H28BF9N2O3. The Morgan fingerprint density at radius 2 is 1.45 bits per heavy atom. The van der Waals surface area contributed by atoms with Crippen molar-refractivity contribution in [2.75, 3.05) is 11.4 Å².